The lowest BCUT2D eigenvalue weighted by molar-refractivity contribution is -0.253. The van der Waals surface area contributed by atoms with Crippen LogP contribution in [0.4, 0.5) is 4.79 Å². The van der Waals surface area contributed by atoms with E-state index in [4.69, 9.17) is 28.4 Å². The fraction of sp³-hybridized carbons (Fsp3) is 0.760. The highest BCUT2D eigenvalue weighted by Crippen LogP contribution is 2.31. The standard InChI is InChI=1S/C21H29NO14S.C4H8O/c1-10(23)31-8-16-18(33-12(3)25)19(34-13(4)26)17(32-11(2)24)15(35-16)6-5-7-37(29,30)9-14-20(27)36-21(28)22-14;1-2-4-5-3-1/h14-19H,5-9H2,1-4H3,(H,22,28);1-4H2/t14-,15+,16+,17-,18+,19+;/m0./s1. The molecule has 6 atom stereocenters. The second-order valence-electron chi connectivity index (χ2n) is 9.72. The number of rotatable bonds is 11. The van der Waals surface area contributed by atoms with Gasteiger partial charge in [-0.3, -0.25) is 19.2 Å². The Balaban J connectivity index is 0.00000111. The number of nitrogens with one attached hydrogen (secondary N) is 1. The van der Waals surface area contributed by atoms with Crippen LogP contribution in [0.3, 0.4) is 0 Å². The molecule has 16 nitrogen and oxygen atoms in total. The molecule has 0 aromatic rings. The third kappa shape index (κ3) is 11.9. The molecule has 0 unspecified atom stereocenters. The smallest absolute Gasteiger partial charge is 0.415 e. The molecule has 3 rings (SSSR count). The Morgan fingerprint density at radius 2 is 1.38 bits per heavy atom. The minimum Gasteiger partial charge on any atom is -0.463 e. The largest absolute Gasteiger partial charge is 0.463 e. The van der Waals surface area contributed by atoms with Crippen molar-refractivity contribution in [2.75, 3.05) is 31.3 Å². The number of sulfone groups is 1. The zero-order valence-electron chi connectivity index (χ0n) is 23.9. The molecule has 1 N–H and O–H groups in total. The molecule has 1 amide bonds. The Hall–Kier alpha value is -3.31. The fourth-order valence-corrected chi connectivity index (χ4v) is 5.91. The van der Waals surface area contributed by atoms with Gasteiger partial charge in [-0.1, -0.05) is 0 Å². The van der Waals surface area contributed by atoms with E-state index >= 15 is 0 Å². The molecule has 42 heavy (non-hydrogen) atoms. The monoisotopic (exact) mass is 623 g/mol. The van der Waals surface area contributed by atoms with Gasteiger partial charge in [-0.25, -0.2) is 18.0 Å². The zero-order valence-corrected chi connectivity index (χ0v) is 24.7. The van der Waals surface area contributed by atoms with Crippen molar-refractivity contribution in [3.63, 3.8) is 0 Å². The van der Waals surface area contributed by atoms with Crippen molar-refractivity contribution in [1.82, 2.24) is 5.32 Å². The Bertz CT molecular complexity index is 1100. The van der Waals surface area contributed by atoms with Crippen molar-refractivity contribution < 1.29 is 70.3 Å². The van der Waals surface area contributed by atoms with E-state index in [0.717, 1.165) is 40.9 Å². The number of hydrogen-bond donors (Lipinski definition) is 1. The van der Waals surface area contributed by atoms with E-state index in [1.165, 1.54) is 12.8 Å². The molecule has 238 valence electrons. The molecule has 0 bridgehead atoms. The SMILES string of the molecule is C1CCOC1.CC(=O)OC[C@H]1O[C@H](CCCS(=O)(=O)C[C@@H]2NC(=O)OC2=O)[C@H](OC(C)=O)[C@@H](OC(C)=O)[C@@H]1OC(C)=O. The Morgan fingerprint density at radius 3 is 1.83 bits per heavy atom. The number of hydrogen-bond acceptors (Lipinski definition) is 15. The van der Waals surface area contributed by atoms with Gasteiger partial charge in [-0.05, 0) is 25.7 Å². The predicted molar refractivity (Wildman–Crippen MR) is 138 cm³/mol. The van der Waals surface area contributed by atoms with Crippen LogP contribution in [0.5, 0.6) is 0 Å². The van der Waals surface area contributed by atoms with Gasteiger partial charge in [0.2, 0.25) is 0 Å². The molecule has 0 aliphatic carbocycles. The molecule has 0 aromatic carbocycles. The summed E-state index contributed by atoms with van der Waals surface area (Å²) in [5, 5.41) is 2.10. The van der Waals surface area contributed by atoms with Crippen molar-refractivity contribution >= 4 is 45.8 Å². The highest BCUT2D eigenvalue weighted by atomic mass is 32.2. The van der Waals surface area contributed by atoms with Crippen LogP contribution in [0.2, 0.25) is 0 Å². The van der Waals surface area contributed by atoms with Gasteiger partial charge in [0.1, 0.15) is 18.8 Å². The van der Waals surface area contributed by atoms with Crippen LogP contribution >= 0.6 is 0 Å². The third-order valence-corrected chi connectivity index (χ3v) is 7.80. The van der Waals surface area contributed by atoms with E-state index in [2.05, 4.69) is 10.1 Å². The zero-order chi connectivity index (χ0) is 31.4. The maximum Gasteiger partial charge on any atom is 0.415 e. The summed E-state index contributed by atoms with van der Waals surface area (Å²) in [6.07, 6.45) is -4.78. The molecule has 0 aromatic heterocycles. The number of ether oxygens (including phenoxy) is 7. The average Bonchev–Trinajstić information content (AvgIpc) is 3.54. The molecular weight excluding hydrogens is 586 g/mol. The second kappa shape index (κ2) is 16.4. The van der Waals surface area contributed by atoms with Crippen LogP contribution in [0.15, 0.2) is 0 Å². The first-order valence-corrected chi connectivity index (χ1v) is 15.1. The number of cyclic esters (lactones) is 2. The summed E-state index contributed by atoms with van der Waals surface area (Å²) in [7, 11) is -3.86. The quantitative estimate of drug-likeness (QED) is 0.178. The lowest BCUT2D eigenvalue weighted by Crippen LogP contribution is -2.62. The summed E-state index contributed by atoms with van der Waals surface area (Å²) in [6, 6.07) is -1.33. The van der Waals surface area contributed by atoms with Crippen molar-refractivity contribution in [3.05, 3.63) is 0 Å². The highest BCUT2D eigenvalue weighted by Gasteiger charge is 2.51. The molecule has 0 radical (unpaired) electrons. The van der Waals surface area contributed by atoms with Crippen molar-refractivity contribution in [2.24, 2.45) is 0 Å². The van der Waals surface area contributed by atoms with Gasteiger partial charge in [-0.15, -0.1) is 0 Å². The molecular formula is C25H37NO15S. The van der Waals surface area contributed by atoms with E-state index in [-0.39, 0.29) is 12.8 Å². The van der Waals surface area contributed by atoms with Crippen LogP contribution < -0.4 is 5.32 Å². The second-order valence-corrected chi connectivity index (χ2v) is 11.9. The summed E-state index contributed by atoms with van der Waals surface area (Å²) < 4.78 is 61.0. The molecule has 0 saturated carbocycles. The summed E-state index contributed by atoms with van der Waals surface area (Å²) in [5.41, 5.74) is 0. The maximum absolute atomic E-state index is 12.5. The summed E-state index contributed by atoms with van der Waals surface area (Å²) >= 11 is 0. The molecule has 3 heterocycles. The van der Waals surface area contributed by atoms with Crippen LogP contribution in [0.1, 0.15) is 53.4 Å². The number of alkyl carbamates (subject to hydrolysis) is 1. The Labute approximate surface area is 242 Å². The van der Waals surface area contributed by atoms with E-state index in [1.807, 2.05) is 0 Å². The minimum atomic E-state index is -3.86. The van der Waals surface area contributed by atoms with Gasteiger partial charge in [0, 0.05) is 40.9 Å². The topological polar surface area (TPSA) is 213 Å². The van der Waals surface area contributed by atoms with Crippen molar-refractivity contribution in [2.45, 2.75) is 89.9 Å². The number of amides is 1. The van der Waals surface area contributed by atoms with Crippen LogP contribution in [0, 0.1) is 0 Å². The Kier molecular flexibility index (Phi) is 13.6. The molecule has 3 fully saturated rings. The number of carbonyl (C=O) groups excluding carboxylic acids is 6. The maximum atomic E-state index is 12.5. The Morgan fingerprint density at radius 1 is 0.833 bits per heavy atom. The van der Waals surface area contributed by atoms with E-state index < -0.39 is 100 Å². The first-order chi connectivity index (χ1) is 19.7. The van der Waals surface area contributed by atoms with Crippen LogP contribution in [-0.2, 0) is 67.0 Å². The summed E-state index contributed by atoms with van der Waals surface area (Å²) in [5.74, 6) is -5.15. The highest BCUT2D eigenvalue weighted by molar-refractivity contribution is 7.91. The first-order valence-electron chi connectivity index (χ1n) is 13.3. The van der Waals surface area contributed by atoms with Gasteiger partial charge in [-0.2, -0.15) is 0 Å². The molecule has 3 aliphatic rings. The van der Waals surface area contributed by atoms with E-state index in [1.54, 1.807) is 0 Å². The molecule has 3 saturated heterocycles. The summed E-state index contributed by atoms with van der Waals surface area (Å²) in [4.78, 5) is 69.4. The van der Waals surface area contributed by atoms with Gasteiger partial charge < -0.3 is 38.5 Å². The first kappa shape index (κ1) is 34.9. The summed E-state index contributed by atoms with van der Waals surface area (Å²) in [6.45, 7) is 6.00. The number of esters is 5. The predicted octanol–water partition coefficient (Wildman–Crippen LogP) is -0.261. The lowest BCUT2D eigenvalue weighted by atomic mass is 9.92. The van der Waals surface area contributed by atoms with Gasteiger partial charge >= 0.3 is 35.9 Å². The van der Waals surface area contributed by atoms with Gasteiger partial charge in [0.25, 0.3) is 0 Å². The van der Waals surface area contributed by atoms with Gasteiger partial charge in [0.05, 0.1) is 17.6 Å². The number of carbonyl (C=O) groups is 6. The lowest BCUT2D eigenvalue weighted by Gasteiger charge is -2.44. The minimum absolute atomic E-state index is 0.0558. The normalized spacial score (nSPS) is 27.0. The van der Waals surface area contributed by atoms with E-state index in [9.17, 15) is 37.2 Å². The van der Waals surface area contributed by atoms with E-state index in [0.29, 0.717) is 0 Å². The van der Waals surface area contributed by atoms with Crippen LogP contribution in [0.25, 0.3) is 0 Å². The van der Waals surface area contributed by atoms with Gasteiger partial charge in [0.15, 0.2) is 28.1 Å². The fourth-order valence-electron chi connectivity index (χ4n) is 4.41. The van der Waals surface area contributed by atoms with Crippen molar-refractivity contribution in [1.29, 1.82) is 0 Å². The molecule has 17 heteroatoms. The molecule has 0 spiro atoms. The molecule has 3 aliphatic heterocycles. The van der Waals surface area contributed by atoms with Crippen LogP contribution in [-0.4, -0.2) is 112 Å². The average molecular weight is 624 g/mol. The van der Waals surface area contributed by atoms with Crippen molar-refractivity contribution in [3.8, 4) is 0 Å². The third-order valence-electron chi connectivity index (χ3n) is 6.05.